The molecule has 1 heterocycles. The number of amides is 2. The Morgan fingerprint density at radius 1 is 1.04 bits per heavy atom. The van der Waals surface area contributed by atoms with Crippen molar-refractivity contribution in [1.82, 2.24) is 20.0 Å². The zero-order valence-corrected chi connectivity index (χ0v) is 17.5. The van der Waals surface area contributed by atoms with Crippen LogP contribution in [0.5, 0.6) is 0 Å². The van der Waals surface area contributed by atoms with Crippen molar-refractivity contribution in [2.24, 2.45) is 0 Å². The second kappa shape index (κ2) is 9.52. The summed E-state index contributed by atoms with van der Waals surface area (Å²) >= 11 is 0. The number of carbonyl (C=O) groups is 2. The van der Waals surface area contributed by atoms with Gasteiger partial charge in [0.1, 0.15) is 0 Å². The lowest BCUT2D eigenvalue weighted by Crippen LogP contribution is -2.52. The minimum absolute atomic E-state index is 0.0810. The van der Waals surface area contributed by atoms with Crippen LogP contribution >= 0.6 is 0 Å². The number of nitrogens with zero attached hydrogens (tertiary/aromatic N) is 3. The van der Waals surface area contributed by atoms with Crippen molar-refractivity contribution >= 4 is 11.8 Å². The first-order chi connectivity index (χ1) is 13.4. The number of piperazine rings is 1. The van der Waals surface area contributed by atoms with Gasteiger partial charge in [0.15, 0.2) is 0 Å². The highest BCUT2D eigenvalue weighted by molar-refractivity contribution is 5.79. The molecule has 1 aliphatic carbocycles. The van der Waals surface area contributed by atoms with Crippen molar-refractivity contribution in [3.8, 4) is 0 Å². The second-order valence-corrected chi connectivity index (χ2v) is 8.51. The third kappa shape index (κ3) is 6.31. The summed E-state index contributed by atoms with van der Waals surface area (Å²) in [7, 11) is 0. The van der Waals surface area contributed by atoms with Crippen molar-refractivity contribution in [3.05, 3.63) is 35.4 Å². The highest BCUT2D eigenvalue weighted by atomic mass is 16.2. The molecule has 1 saturated heterocycles. The Labute approximate surface area is 168 Å². The van der Waals surface area contributed by atoms with Gasteiger partial charge in [-0.25, -0.2) is 0 Å². The molecule has 154 valence electrons. The highest BCUT2D eigenvalue weighted by Crippen LogP contribution is 2.28. The van der Waals surface area contributed by atoms with Crippen molar-refractivity contribution in [3.63, 3.8) is 0 Å². The maximum absolute atomic E-state index is 13.0. The van der Waals surface area contributed by atoms with Gasteiger partial charge in [0.25, 0.3) is 0 Å². The van der Waals surface area contributed by atoms with Crippen molar-refractivity contribution in [1.29, 1.82) is 0 Å². The fourth-order valence-corrected chi connectivity index (χ4v) is 3.66. The Balaban J connectivity index is 1.46. The van der Waals surface area contributed by atoms with E-state index in [1.165, 1.54) is 11.1 Å². The molecular weight excluding hydrogens is 352 g/mol. The number of carbonyl (C=O) groups excluding carboxylic acids is 2. The fourth-order valence-electron chi connectivity index (χ4n) is 3.66. The lowest BCUT2D eigenvalue weighted by atomic mass is 10.1. The monoisotopic (exact) mass is 386 g/mol. The SMILES string of the molecule is Cc1ccc(CN(C(=O)CN2CCN(CC(=O)NC(C)C)CC2)C2CC2)cc1. The minimum Gasteiger partial charge on any atom is -0.353 e. The predicted octanol–water partition coefficient (Wildman–Crippen LogP) is 1.63. The Morgan fingerprint density at radius 3 is 2.14 bits per heavy atom. The Bertz CT molecular complexity index is 662. The van der Waals surface area contributed by atoms with Crippen LogP contribution in [0.1, 0.15) is 37.8 Å². The normalized spacial score (nSPS) is 18.3. The third-order valence-electron chi connectivity index (χ3n) is 5.42. The van der Waals surface area contributed by atoms with Crippen LogP contribution in [0.4, 0.5) is 0 Å². The molecule has 28 heavy (non-hydrogen) atoms. The maximum Gasteiger partial charge on any atom is 0.237 e. The van der Waals surface area contributed by atoms with Crippen LogP contribution in [-0.4, -0.2) is 77.9 Å². The molecule has 2 aliphatic rings. The van der Waals surface area contributed by atoms with Crippen LogP contribution in [0.15, 0.2) is 24.3 Å². The average molecular weight is 387 g/mol. The van der Waals surface area contributed by atoms with Crippen LogP contribution in [0, 0.1) is 6.92 Å². The van der Waals surface area contributed by atoms with E-state index in [1.54, 1.807) is 0 Å². The molecule has 6 nitrogen and oxygen atoms in total. The molecule has 0 spiro atoms. The highest BCUT2D eigenvalue weighted by Gasteiger charge is 2.33. The number of hydrogen-bond donors (Lipinski definition) is 1. The molecule has 6 heteroatoms. The van der Waals surface area contributed by atoms with Crippen molar-refractivity contribution < 1.29 is 9.59 Å². The fraction of sp³-hybridized carbons (Fsp3) is 0.636. The number of benzene rings is 1. The van der Waals surface area contributed by atoms with Gasteiger partial charge in [0.05, 0.1) is 13.1 Å². The maximum atomic E-state index is 13.0. The van der Waals surface area contributed by atoms with E-state index in [-0.39, 0.29) is 17.9 Å². The third-order valence-corrected chi connectivity index (χ3v) is 5.42. The Hall–Kier alpha value is -1.92. The van der Waals surface area contributed by atoms with Gasteiger partial charge in [0.2, 0.25) is 11.8 Å². The molecular formula is C22H34N4O2. The lowest BCUT2D eigenvalue weighted by Gasteiger charge is -2.35. The first-order valence-electron chi connectivity index (χ1n) is 10.5. The zero-order valence-electron chi connectivity index (χ0n) is 17.5. The molecule has 2 amide bonds. The van der Waals surface area contributed by atoms with Crippen LogP contribution in [0.2, 0.25) is 0 Å². The summed E-state index contributed by atoms with van der Waals surface area (Å²) in [6.07, 6.45) is 2.24. The summed E-state index contributed by atoms with van der Waals surface area (Å²) in [6, 6.07) is 9.06. The summed E-state index contributed by atoms with van der Waals surface area (Å²) in [4.78, 5) is 31.3. The molecule has 1 aromatic carbocycles. The van der Waals surface area contributed by atoms with Gasteiger partial charge < -0.3 is 10.2 Å². The smallest absolute Gasteiger partial charge is 0.237 e. The van der Waals surface area contributed by atoms with E-state index >= 15 is 0 Å². The number of aryl methyl sites for hydroxylation is 1. The lowest BCUT2D eigenvalue weighted by molar-refractivity contribution is -0.134. The molecule has 2 fully saturated rings. The van der Waals surface area contributed by atoms with Crippen LogP contribution in [0.3, 0.4) is 0 Å². The van der Waals surface area contributed by atoms with Gasteiger partial charge in [0, 0.05) is 44.8 Å². The van der Waals surface area contributed by atoms with Gasteiger partial charge >= 0.3 is 0 Å². The van der Waals surface area contributed by atoms with Gasteiger partial charge in [-0.1, -0.05) is 29.8 Å². The first-order valence-corrected chi connectivity index (χ1v) is 10.5. The molecule has 3 rings (SSSR count). The van der Waals surface area contributed by atoms with E-state index in [1.807, 2.05) is 13.8 Å². The first kappa shape index (κ1) is 20.8. The summed E-state index contributed by atoms with van der Waals surface area (Å²) in [5, 5.41) is 2.94. The van der Waals surface area contributed by atoms with E-state index < -0.39 is 0 Å². The van der Waals surface area contributed by atoms with Crippen LogP contribution in [-0.2, 0) is 16.1 Å². The Kier molecular flexibility index (Phi) is 7.08. The van der Waals surface area contributed by atoms with Crippen molar-refractivity contribution in [2.45, 2.75) is 52.2 Å². The van der Waals surface area contributed by atoms with Gasteiger partial charge in [-0.15, -0.1) is 0 Å². The topological polar surface area (TPSA) is 55.9 Å². The van der Waals surface area contributed by atoms with E-state index in [2.05, 4.69) is 51.2 Å². The Morgan fingerprint density at radius 2 is 1.61 bits per heavy atom. The van der Waals surface area contributed by atoms with E-state index in [9.17, 15) is 9.59 Å². The molecule has 0 aromatic heterocycles. The van der Waals surface area contributed by atoms with Gasteiger partial charge in [-0.05, 0) is 39.2 Å². The summed E-state index contributed by atoms with van der Waals surface area (Å²) in [5.41, 5.74) is 2.44. The molecule has 1 aliphatic heterocycles. The predicted molar refractivity (Wildman–Crippen MR) is 111 cm³/mol. The van der Waals surface area contributed by atoms with Gasteiger partial charge in [-0.2, -0.15) is 0 Å². The molecule has 0 bridgehead atoms. The zero-order chi connectivity index (χ0) is 20.1. The number of hydrogen-bond acceptors (Lipinski definition) is 4. The number of rotatable bonds is 8. The van der Waals surface area contributed by atoms with Crippen molar-refractivity contribution in [2.75, 3.05) is 39.3 Å². The van der Waals surface area contributed by atoms with Crippen LogP contribution < -0.4 is 5.32 Å². The number of nitrogens with one attached hydrogen (secondary N) is 1. The quantitative estimate of drug-likeness (QED) is 0.738. The van der Waals surface area contributed by atoms with Crippen LogP contribution in [0.25, 0.3) is 0 Å². The van der Waals surface area contributed by atoms with E-state index in [0.29, 0.717) is 25.7 Å². The molecule has 0 radical (unpaired) electrons. The molecule has 0 atom stereocenters. The van der Waals surface area contributed by atoms with E-state index in [0.717, 1.165) is 39.0 Å². The van der Waals surface area contributed by atoms with E-state index in [4.69, 9.17) is 0 Å². The summed E-state index contributed by atoms with van der Waals surface area (Å²) < 4.78 is 0. The largest absolute Gasteiger partial charge is 0.353 e. The molecule has 0 unspecified atom stereocenters. The molecule has 1 saturated carbocycles. The molecule has 1 aromatic rings. The van der Waals surface area contributed by atoms with Gasteiger partial charge in [-0.3, -0.25) is 19.4 Å². The molecule has 1 N–H and O–H groups in total. The minimum atomic E-state index is 0.0810. The average Bonchev–Trinajstić information content (AvgIpc) is 3.47. The second-order valence-electron chi connectivity index (χ2n) is 8.51. The standard InChI is InChI=1S/C22H34N4O2/c1-17(2)23-21(27)15-24-10-12-25(13-11-24)16-22(28)26(20-8-9-20)14-19-6-4-18(3)5-7-19/h4-7,17,20H,8-16H2,1-3H3,(H,23,27). The summed E-state index contributed by atoms with van der Waals surface area (Å²) in [5.74, 6) is 0.312. The summed E-state index contributed by atoms with van der Waals surface area (Å²) in [6.45, 7) is 11.0.